The Kier molecular flexibility index (Phi) is 13.2. The zero-order valence-corrected chi connectivity index (χ0v) is 21.3. The summed E-state index contributed by atoms with van der Waals surface area (Å²) in [5, 5.41) is 0. The molecule has 0 aromatic rings. The third-order valence-corrected chi connectivity index (χ3v) is 12.8. The van der Waals surface area contributed by atoms with Gasteiger partial charge >= 0.3 is 106 Å². The second-order valence-corrected chi connectivity index (χ2v) is 15.1. The van der Waals surface area contributed by atoms with E-state index in [2.05, 4.69) is 27.7 Å². The SMILES string of the molecule is CC.CC1CCC(C)CC1.CC1CC[CH]([Sn][CH]2CCC(C)CC2)CC1. The molecule has 3 saturated carbocycles. The molecule has 0 heterocycles. The van der Waals surface area contributed by atoms with Crippen molar-refractivity contribution in [3.63, 3.8) is 0 Å². The number of hydrogen-bond donors (Lipinski definition) is 0. The fourth-order valence-electron chi connectivity index (χ4n) is 4.61. The molecule has 0 aromatic heterocycles. The van der Waals surface area contributed by atoms with E-state index >= 15 is 0 Å². The normalized spacial score (nSPS) is 38.6. The van der Waals surface area contributed by atoms with Crippen molar-refractivity contribution >= 4 is 21.1 Å². The van der Waals surface area contributed by atoms with Crippen LogP contribution in [0.25, 0.3) is 0 Å². The molecule has 0 amide bonds. The topological polar surface area (TPSA) is 0 Å². The van der Waals surface area contributed by atoms with E-state index in [1.165, 1.54) is 33.6 Å². The molecular weight excluding hydrogens is 407 g/mol. The summed E-state index contributed by atoms with van der Waals surface area (Å²) < 4.78 is 2.53. The van der Waals surface area contributed by atoms with Crippen LogP contribution in [-0.4, -0.2) is 21.1 Å². The van der Waals surface area contributed by atoms with Crippen molar-refractivity contribution in [1.82, 2.24) is 0 Å². The predicted octanol–water partition coefficient (Wildman–Crippen LogP) is 8.55. The zero-order valence-electron chi connectivity index (χ0n) is 18.4. The van der Waals surface area contributed by atoms with Crippen LogP contribution in [0, 0.1) is 23.7 Å². The van der Waals surface area contributed by atoms with Gasteiger partial charge in [0.15, 0.2) is 0 Å². The van der Waals surface area contributed by atoms with Crippen molar-refractivity contribution in [3.8, 4) is 0 Å². The Morgan fingerprint density at radius 1 is 0.400 bits per heavy atom. The van der Waals surface area contributed by atoms with Crippen LogP contribution < -0.4 is 0 Å². The first-order valence-corrected chi connectivity index (χ1v) is 15.1. The molecule has 0 spiro atoms. The van der Waals surface area contributed by atoms with Gasteiger partial charge in [-0.25, -0.2) is 0 Å². The van der Waals surface area contributed by atoms with Gasteiger partial charge in [0.25, 0.3) is 0 Å². The summed E-state index contributed by atoms with van der Waals surface area (Å²) >= 11 is -0.0155. The molecular formula is C24H48Sn. The van der Waals surface area contributed by atoms with Gasteiger partial charge in [-0.1, -0.05) is 53.4 Å². The Bertz CT molecular complexity index is 259. The first-order chi connectivity index (χ1) is 12.0. The standard InChI is InChI=1S/C8H16.2C7H13.C2H6.Sn/c1-7-3-5-8(2)6-4-7;2*1-7-5-3-2-4-6-7;1-2;/h7-8H,3-6H2,1-2H3;2*2,7H,3-6H2,1H3;1-2H3;. The second-order valence-electron chi connectivity index (χ2n) is 9.45. The van der Waals surface area contributed by atoms with Crippen LogP contribution in [0.4, 0.5) is 0 Å². The molecule has 3 fully saturated rings. The van der Waals surface area contributed by atoms with Gasteiger partial charge in [0.2, 0.25) is 0 Å². The quantitative estimate of drug-likeness (QED) is 0.366. The Hall–Kier alpha value is 0.799. The van der Waals surface area contributed by atoms with Crippen molar-refractivity contribution in [2.45, 2.75) is 126 Å². The van der Waals surface area contributed by atoms with Gasteiger partial charge in [0, 0.05) is 0 Å². The number of rotatable bonds is 2. The minimum absolute atomic E-state index is 0.0155. The van der Waals surface area contributed by atoms with Gasteiger partial charge in [-0.05, 0) is 11.8 Å². The van der Waals surface area contributed by atoms with Gasteiger partial charge in [0.1, 0.15) is 0 Å². The van der Waals surface area contributed by atoms with Gasteiger partial charge in [0.05, 0.1) is 0 Å². The summed E-state index contributed by atoms with van der Waals surface area (Å²) in [7, 11) is 0. The van der Waals surface area contributed by atoms with E-state index in [1.54, 1.807) is 51.4 Å². The molecule has 0 unspecified atom stereocenters. The van der Waals surface area contributed by atoms with Crippen molar-refractivity contribution in [2.75, 3.05) is 0 Å². The molecule has 0 saturated heterocycles. The van der Waals surface area contributed by atoms with Crippen molar-refractivity contribution < 1.29 is 0 Å². The maximum atomic E-state index is 2.45. The monoisotopic (exact) mass is 456 g/mol. The average molecular weight is 455 g/mol. The summed E-state index contributed by atoms with van der Waals surface area (Å²) in [4.78, 5) is 0. The van der Waals surface area contributed by atoms with Crippen LogP contribution >= 0.6 is 0 Å². The van der Waals surface area contributed by atoms with E-state index in [9.17, 15) is 0 Å². The Morgan fingerprint density at radius 2 is 0.600 bits per heavy atom. The molecule has 1 heteroatoms. The summed E-state index contributed by atoms with van der Waals surface area (Å²) in [5.74, 6) is 4.14. The van der Waals surface area contributed by atoms with Crippen molar-refractivity contribution in [3.05, 3.63) is 0 Å². The number of hydrogen-bond acceptors (Lipinski definition) is 0. The van der Waals surface area contributed by atoms with Gasteiger partial charge in [-0.3, -0.25) is 0 Å². The van der Waals surface area contributed by atoms with E-state index < -0.39 is 0 Å². The zero-order chi connectivity index (χ0) is 18.7. The minimum atomic E-state index is -0.0155. The van der Waals surface area contributed by atoms with Crippen LogP contribution in [0.3, 0.4) is 0 Å². The Labute approximate surface area is 170 Å². The van der Waals surface area contributed by atoms with E-state index in [-0.39, 0.29) is 21.1 Å². The van der Waals surface area contributed by atoms with E-state index in [0.717, 1.165) is 23.7 Å². The molecule has 3 rings (SSSR count). The van der Waals surface area contributed by atoms with Gasteiger partial charge < -0.3 is 0 Å². The van der Waals surface area contributed by atoms with E-state index in [4.69, 9.17) is 0 Å². The Balaban J connectivity index is 0.000000264. The van der Waals surface area contributed by atoms with Gasteiger partial charge in [-0.2, -0.15) is 0 Å². The molecule has 148 valence electrons. The summed E-state index contributed by atoms with van der Waals surface area (Å²) in [6.07, 6.45) is 18.5. The van der Waals surface area contributed by atoms with Crippen LogP contribution in [0.1, 0.15) is 119 Å². The van der Waals surface area contributed by atoms with Crippen LogP contribution in [0.15, 0.2) is 0 Å². The molecule has 0 aromatic carbocycles. The summed E-state index contributed by atoms with van der Waals surface area (Å²) in [6, 6.07) is 0. The molecule has 25 heavy (non-hydrogen) atoms. The van der Waals surface area contributed by atoms with Crippen LogP contribution in [-0.2, 0) is 0 Å². The molecule has 2 radical (unpaired) electrons. The summed E-state index contributed by atoms with van der Waals surface area (Å²) in [5.41, 5.74) is 0. The maximum absolute atomic E-state index is 2.45. The third kappa shape index (κ3) is 10.6. The summed E-state index contributed by atoms with van der Waals surface area (Å²) in [6.45, 7) is 13.6. The molecule has 0 aliphatic heterocycles. The third-order valence-electron chi connectivity index (χ3n) is 6.81. The predicted molar refractivity (Wildman–Crippen MR) is 117 cm³/mol. The van der Waals surface area contributed by atoms with E-state index in [1.807, 2.05) is 13.8 Å². The second kappa shape index (κ2) is 13.9. The first-order valence-electron chi connectivity index (χ1n) is 11.8. The van der Waals surface area contributed by atoms with Crippen molar-refractivity contribution in [2.24, 2.45) is 23.7 Å². The van der Waals surface area contributed by atoms with E-state index in [0.29, 0.717) is 0 Å². The molecule has 0 bridgehead atoms. The molecule has 0 nitrogen and oxygen atoms in total. The molecule has 3 aliphatic carbocycles. The molecule has 0 N–H and O–H groups in total. The Morgan fingerprint density at radius 3 is 0.840 bits per heavy atom. The van der Waals surface area contributed by atoms with Crippen LogP contribution in [0.5, 0.6) is 0 Å². The fraction of sp³-hybridized carbons (Fsp3) is 1.00. The first kappa shape index (κ1) is 23.8. The fourth-order valence-corrected chi connectivity index (χ4v) is 10.3. The molecule has 0 atom stereocenters. The average Bonchev–Trinajstić information content (AvgIpc) is 2.64. The van der Waals surface area contributed by atoms with Crippen LogP contribution in [0.2, 0.25) is 7.87 Å². The molecule has 3 aliphatic rings. The van der Waals surface area contributed by atoms with Crippen molar-refractivity contribution in [1.29, 1.82) is 0 Å². The van der Waals surface area contributed by atoms with Gasteiger partial charge in [-0.15, -0.1) is 0 Å².